The van der Waals surface area contributed by atoms with Crippen molar-refractivity contribution in [3.63, 3.8) is 0 Å². The van der Waals surface area contributed by atoms with Gasteiger partial charge in [0.25, 0.3) is 0 Å². The highest BCUT2D eigenvalue weighted by atomic mass is 16.5. The maximum atomic E-state index is 12.2. The summed E-state index contributed by atoms with van der Waals surface area (Å²) < 4.78 is 17.4. The number of hydrogen-bond donors (Lipinski definition) is 0. The first kappa shape index (κ1) is 20.6. The lowest BCUT2D eigenvalue weighted by molar-refractivity contribution is -0.0605. The van der Waals surface area contributed by atoms with E-state index >= 15 is 0 Å². The maximum absolute atomic E-state index is 12.2. The van der Waals surface area contributed by atoms with E-state index in [0.29, 0.717) is 18.6 Å². The zero-order valence-corrected chi connectivity index (χ0v) is 17.3. The van der Waals surface area contributed by atoms with Crippen LogP contribution < -0.4 is 4.74 Å². The normalized spacial score (nSPS) is 16.1. The molecule has 150 valence electrons. The van der Waals surface area contributed by atoms with Gasteiger partial charge in [-0.2, -0.15) is 0 Å². The number of ether oxygens (including phenoxy) is 3. The Labute approximate surface area is 167 Å². The van der Waals surface area contributed by atoms with E-state index in [9.17, 15) is 4.79 Å². The molecular weight excluding hydrogens is 352 g/mol. The Morgan fingerprint density at radius 3 is 2.54 bits per heavy atom. The molecule has 3 rings (SSSR count). The molecule has 0 spiro atoms. The van der Waals surface area contributed by atoms with Gasteiger partial charge in [0.05, 0.1) is 11.7 Å². The predicted octanol–water partition coefficient (Wildman–Crippen LogP) is 5.89. The average Bonchev–Trinajstić information content (AvgIpc) is 3.05. The van der Waals surface area contributed by atoms with Gasteiger partial charge in [-0.15, -0.1) is 0 Å². The largest absolute Gasteiger partial charge is 0.457 e. The molecule has 0 saturated carbocycles. The van der Waals surface area contributed by atoms with Crippen LogP contribution in [0.4, 0.5) is 0 Å². The van der Waals surface area contributed by atoms with Gasteiger partial charge >= 0.3 is 0 Å². The van der Waals surface area contributed by atoms with Gasteiger partial charge in [-0.1, -0.05) is 12.1 Å². The standard InChI is InChI=1S/C24H30O4/c1-24(2,3)28-23-15-14-20-19(23)7-5-9-22(20)27-18-12-10-17(11-13-18)21(25)8-6-16-26-4/h5,7,9-13,23H,6,8,14-16H2,1-4H3/t23-/m1/s1. The van der Waals surface area contributed by atoms with Crippen LogP contribution >= 0.6 is 0 Å². The predicted molar refractivity (Wildman–Crippen MR) is 110 cm³/mol. The van der Waals surface area contributed by atoms with Crippen LogP contribution in [0.2, 0.25) is 0 Å². The molecule has 0 radical (unpaired) electrons. The number of carbonyl (C=O) groups excluding carboxylic acids is 1. The minimum Gasteiger partial charge on any atom is -0.457 e. The number of methoxy groups -OCH3 is 1. The molecule has 0 bridgehead atoms. The maximum Gasteiger partial charge on any atom is 0.162 e. The zero-order valence-electron chi connectivity index (χ0n) is 17.3. The third kappa shape index (κ3) is 5.21. The van der Waals surface area contributed by atoms with Crippen molar-refractivity contribution in [2.75, 3.05) is 13.7 Å². The van der Waals surface area contributed by atoms with Crippen molar-refractivity contribution in [1.82, 2.24) is 0 Å². The first-order valence-electron chi connectivity index (χ1n) is 9.97. The number of fused-ring (bicyclic) bond motifs is 1. The minimum atomic E-state index is -0.172. The molecule has 0 aromatic heterocycles. The molecule has 28 heavy (non-hydrogen) atoms. The van der Waals surface area contributed by atoms with Gasteiger partial charge in [0.15, 0.2) is 5.78 Å². The highest BCUT2D eigenvalue weighted by Crippen LogP contribution is 2.42. The fourth-order valence-electron chi connectivity index (χ4n) is 3.58. The van der Waals surface area contributed by atoms with Crippen molar-refractivity contribution in [3.8, 4) is 11.5 Å². The second-order valence-corrected chi connectivity index (χ2v) is 8.23. The summed E-state index contributed by atoms with van der Waals surface area (Å²) in [6.07, 6.45) is 3.27. The van der Waals surface area contributed by atoms with Crippen LogP contribution in [0, 0.1) is 0 Å². The first-order valence-corrected chi connectivity index (χ1v) is 9.97. The summed E-state index contributed by atoms with van der Waals surface area (Å²) in [5.41, 5.74) is 2.98. The molecule has 4 nitrogen and oxygen atoms in total. The Balaban J connectivity index is 1.69. The van der Waals surface area contributed by atoms with Gasteiger partial charge < -0.3 is 14.2 Å². The summed E-state index contributed by atoms with van der Waals surface area (Å²) in [7, 11) is 1.65. The monoisotopic (exact) mass is 382 g/mol. The Bertz CT molecular complexity index is 802. The minimum absolute atomic E-state index is 0.116. The topological polar surface area (TPSA) is 44.8 Å². The summed E-state index contributed by atoms with van der Waals surface area (Å²) in [4.78, 5) is 12.2. The van der Waals surface area contributed by atoms with Crippen molar-refractivity contribution in [3.05, 3.63) is 59.2 Å². The fourth-order valence-corrected chi connectivity index (χ4v) is 3.58. The summed E-state index contributed by atoms with van der Waals surface area (Å²) in [6.45, 7) is 6.86. The van der Waals surface area contributed by atoms with Gasteiger partial charge in [0, 0.05) is 31.3 Å². The SMILES string of the molecule is COCCCC(=O)c1ccc(Oc2cccc3c2CC[C@H]3OC(C)(C)C)cc1. The van der Waals surface area contributed by atoms with E-state index in [1.54, 1.807) is 7.11 Å². The number of Topliss-reactive ketones (excluding diaryl/α,β-unsaturated/α-hetero) is 1. The van der Waals surface area contributed by atoms with Crippen molar-refractivity contribution >= 4 is 5.78 Å². The number of ketones is 1. The third-order valence-electron chi connectivity index (χ3n) is 4.82. The lowest BCUT2D eigenvalue weighted by atomic mass is 10.1. The van der Waals surface area contributed by atoms with Gasteiger partial charge in [0.2, 0.25) is 0 Å². The van der Waals surface area contributed by atoms with Crippen molar-refractivity contribution in [1.29, 1.82) is 0 Å². The molecule has 0 heterocycles. The molecule has 0 aliphatic heterocycles. The van der Waals surface area contributed by atoms with Crippen molar-refractivity contribution < 1.29 is 19.0 Å². The van der Waals surface area contributed by atoms with Crippen LogP contribution in [-0.2, 0) is 15.9 Å². The molecule has 1 aliphatic carbocycles. The van der Waals surface area contributed by atoms with Gasteiger partial charge in [-0.05, 0) is 75.9 Å². The number of rotatable bonds is 8. The van der Waals surface area contributed by atoms with E-state index in [2.05, 4.69) is 26.8 Å². The highest BCUT2D eigenvalue weighted by Gasteiger charge is 2.29. The molecule has 0 N–H and O–H groups in total. The van der Waals surface area contributed by atoms with Gasteiger partial charge in [0.1, 0.15) is 11.5 Å². The summed E-state index contributed by atoms with van der Waals surface area (Å²) in [5, 5.41) is 0. The van der Waals surface area contributed by atoms with Crippen LogP contribution in [0.3, 0.4) is 0 Å². The van der Waals surface area contributed by atoms with E-state index in [0.717, 1.165) is 30.8 Å². The summed E-state index contributed by atoms with van der Waals surface area (Å²) in [6, 6.07) is 13.5. The van der Waals surface area contributed by atoms with Crippen LogP contribution in [0.5, 0.6) is 11.5 Å². The van der Waals surface area contributed by atoms with E-state index in [-0.39, 0.29) is 17.5 Å². The van der Waals surface area contributed by atoms with E-state index < -0.39 is 0 Å². The van der Waals surface area contributed by atoms with Crippen LogP contribution in [0.15, 0.2) is 42.5 Å². The highest BCUT2D eigenvalue weighted by molar-refractivity contribution is 5.96. The Hall–Kier alpha value is -2.17. The third-order valence-corrected chi connectivity index (χ3v) is 4.82. The molecule has 0 amide bonds. The molecule has 2 aromatic rings. The molecule has 0 saturated heterocycles. The Morgan fingerprint density at radius 1 is 1.11 bits per heavy atom. The molecular formula is C24H30O4. The van der Waals surface area contributed by atoms with Gasteiger partial charge in [-0.3, -0.25) is 4.79 Å². The van der Waals surface area contributed by atoms with Crippen LogP contribution in [0.1, 0.15) is 67.6 Å². The molecule has 0 fully saturated rings. The van der Waals surface area contributed by atoms with E-state index in [4.69, 9.17) is 14.2 Å². The van der Waals surface area contributed by atoms with Crippen LogP contribution in [-0.4, -0.2) is 25.1 Å². The molecule has 1 atom stereocenters. The van der Waals surface area contributed by atoms with E-state index in [1.807, 2.05) is 36.4 Å². The number of hydrogen-bond acceptors (Lipinski definition) is 4. The lowest BCUT2D eigenvalue weighted by Gasteiger charge is -2.25. The summed E-state index contributed by atoms with van der Waals surface area (Å²) >= 11 is 0. The number of carbonyl (C=O) groups is 1. The second kappa shape index (κ2) is 8.89. The molecule has 4 heteroatoms. The first-order chi connectivity index (χ1) is 13.4. The zero-order chi connectivity index (χ0) is 20.1. The molecule has 1 aliphatic rings. The fraction of sp³-hybridized carbons (Fsp3) is 0.458. The average molecular weight is 383 g/mol. The quantitative estimate of drug-likeness (QED) is 0.422. The Morgan fingerprint density at radius 2 is 1.86 bits per heavy atom. The second-order valence-electron chi connectivity index (χ2n) is 8.23. The number of benzene rings is 2. The van der Waals surface area contributed by atoms with Crippen LogP contribution in [0.25, 0.3) is 0 Å². The smallest absolute Gasteiger partial charge is 0.162 e. The van der Waals surface area contributed by atoms with E-state index in [1.165, 1.54) is 11.1 Å². The van der Waals surface area contributed by atoms with Crippen molar-refractivity contribution in [2.45, 2.75) is 58.2 Å². The Kier molecular flexibility index (Phi) is 6.53. The van der Waals surface area contributed by atoms with Crippen molar-refractivity contribution in [2.24, 2.45) is 0 Å². The molecule has 0 unspecified atom stereocenters. The lowest BCUT2D eigenvalue weighted by Crippen LogP contribution is -2.21. The van der Waals surface area contributed by atoms with Gasteiger partial charge in [-0.25, -0.2) is 0 Å². The summed E-state index contributed by atoms with van der Waals surface area (Å²) in [5.74, 6) is 1.74. The molecule has 2 aromatic carbocycles.